The maximum atomic E-state index is 14.7. The van der Waals surface area contributed by atoms with Gasteiger partial charge in [-0.25, -0.2) is 9.37 Å². The number of rotatable bonds is 1. The van der Waals surface area contributed by atoms with E-state index in [-0.39, 0.29) is 11.9 Å². The monoisotopic (exact) mass is 363 g/mol. The number of piperidine rings is 1. The second-order valence-corrected chi connectivity index (χ2v) is 8.22. The molecule has 26 heavy (non-hydrogen) atoms. The topological polar surface area (TPSA) is 39.9 Å². The number of halogens is 1. The van der Waals surface area contributed by atoms with E-state index in [0.29, 0.717) is 12.0 Å². The van der Waals surface area contributed by atoms with E-state index >= 15 is 0 Å². The van der Waals surface area contributed by atoms with E-state index in [1.54, 1.807) is 17.4 Å². The molecule has 0 spiro atoms. The quantitative estimate of drug-likeness (QED) is 0.623. The lowest BCUT2D eigenvalue weighted by Crippen LogP contribution is -2.57. The summed E-state index contributed by atoms with van der Waals surface area (Å²) in [4.78, 5) is 7.08. The summed E-state index contributed by atoms with van der Waals surface area (Å²) in [5, 5.41) is 11.2. The van der Waals surface area contributed by atoms with Gasteiger partial charge < -0.3 is 4.90 Å². The summed E-state index contributed by atoms with van der Waals surface area (Å²) in [6.45, 7) is 0.870. The molecule has 3 aromatic rings. The van der Waals surface area contributed by atoms with Gasteiger partial charge in [0.05, 0.1) is 22.3 Å². The van der Waals surface area contributed by atoms with Crippen LogP contribution in [0.25, 0.3) is 10.2 Å². The SMILES string of the molecule is N#C[C@]1(c2nc3ccccc3s2)Cc2c(F)cccc2N2CCCC[C@@H]21. The first-order valence-electron chi connectivity index (χ1n) is 9.04. The number of anilines is 1. The third kappa shape index (κ3) is 2.12. The average molecular weight is 363 g/mol. The Hall–Kier alpha value is -2.45. The molecule has 2 aliphatic rings. The number of nitriles is 1. The highest BCUT2D eigenvalue weighted by Crippen LogP contribution is 2.48. The molecule has 2 aromatic carbocycles. The summed E-state index contributed by atoms with van der Waals surface area (Å²) in [6, 6.07) is 15.9. The third-order valence-electron chi connectivity index (χ3n) is 5.81. The van der Waals surface area contributed by atoms with Crippen molar-refractivity contribution in [3.8, 4) is 6.07 Å². The largest absolute Gasteiger partial charge is 0.366 e. The number of hydrogen-bond acceptors (Lipinski definition) is 4. The first kappa shape index (κ1) is 15.8. The predicted octanol–water partition coefficient (Wildman–Crippen LogP) is 4.81. The second kappa shape index (κ2) is 5.78. The molecule has 1 saturated heterocycles. The predicted molar refractivity (Wildman–Crippen MR) is 102 cm³/mol. The van der Waals surface area contributed by atoms with Gasteiger partial charge in [0.2, 0.25) is 0 Å². The van der Waals surface area contributed by atoms with Crippen LogP contribution in [-0.4, -0.2) is 17.6 Å². The van der Waals surface area contributed by atoms with E-state index in [1.165, 1.54) is 6.07 Å². The second-order valence-electron chi connectivity index (χ2n) is 7.19. The van der Waals surface area contributed by atoms with Gasteiger partial charge in [-0.2, -0.15) is 5.26 Å². The third-order valence-corrected chi connectivity index (χ3v) is 7.02. The fourth-order valence-electron chi connectivity index (χ4n) is 4.56. The molecule has 0 aliphatic carbocycles. The van der Waals surface area contributed by atoms with Crippen molar-refractivity contribution in [1.82, 2.24) is 4.98 Å². The molecule has 0 N–H and O–H groups in total. The Morgan fingerprint density at radius 2 is 2.08 bits per heavy atom. The van der Waals surface area contributed by atoms with Gasteiger partial charge in [0.25, 0.3) is 0 Å². The van der Waals surface area contributed by atoms with Crippen molar-refractivity contribution >= 4 is 27.2 Å². The molecular formula is C21H18FN3S. The Labute approximate surface area is 155 Å². The first-order chi connectivity index (χ1) is 12.7. The van der Waals surface area contributed by atoms with Crippen LogP contribution in [0.1, 0.15) is 29.8 Å². The molecule has 0 saturated carbocycles. The molecule has 0 radical (unpaired) electrons. The molecule has 3 nitrogen and oxygen atoms in total. The molecule has 3 heterocycles. The molecule has 1 fully saturated rings. The van der Waals surface area contributed by atoms with Gasteiger partial charge in [0.15, 0.2) is 0 Å². The van der Waals surface area contributed by atoms with E-state index in [4.69, 9.17) is 4.98 Å². The number of nitrogens with zero attached hydrogens (tertiary/aromatic N) is 3. The van der Waals surface area contributed by atoms with Gasteiger partial charge >= 0.3 is 0 Å². The average Bonchev–Trinajstić information content (AvgIpc) is 3.12. The molecule has 1 aromatic heterocycles. The molecular weight excluding hydrogens is 345 g/mol. The molecule has 5 rings (SSSR count). The van der Waals surface area contributed by atoms with E-state index in [9.17, 15) is 9.65 Å². The van der Waals surface area contributed by atoms with Crippen LogP contribution < -0.4 is 4.90 Å². The van der Waals surface area contributed by atoms with Crippen molar-refractivity contribution < 1.29 is 4.39 Å². The highest BCUT2D eigenvalue weighted by molar-refractivity contribution is 7.18. The van der Waals surface area contributed by atoms with Gasteiger partial charge in [-0.05, 0) is 43.5 Å². The number of para-hydroxylation sites is 1. The Morgan fingerprint density at radius 1 is 1.19 bits per heavy atom. The molecule has 5 heteroatoms. The van der Waals surface area contributed by atoms with Crippen LogP contribution in [0, 0.1) is 17.1 Å². The highest BCUT2D eigenvalue weighted by atomic mass is 32.1. The lowest BCUT2D eigenvalue weighted by molar-refractivity contribution is 0.319. The van der Waals surface area contributed by atoms with Crippen LogP contribution in [-0.2, 0) is 11.8 Å². The van der Waals surface area contributed by atoms with Crippen LogP contribution in [0.4, 0.5) is 10.1 Å². The maximum Gasteiger partial charge on any atom is 0.133 e. The van der Waals surface area contributed by atoms with Crippen LogP contribution in [0.3, 0.4) is 0 Å². The van der Waals surface area contributed by atoms with Gasteiger partial charge in [-0.3, -0.25) is 0 Å². The normalized spacial score (nSPS) is 24.8. The van der Waals surface area contributed by atoms with Crippen molar-refractivity contribution in [2.24, 2.45) is 0 Å². The lowest BCUT2D eigenvalue weighted by atomic mass is 9.69. The van der Waals surface area contributed by atoms with Crippen molar-refractivity contribution in [3.05, 3.63) is 58.9 Å². The zero-order valence-corrected chi connectivity index (χ0v) is 15.1. The number of hydrogen-bond donors (Lipinski definition) is 0. The zero-order valence-electron chi connectivity index (χ0n) is 14.3. The Kier molecular flexibility index (Phi) is 3.51. The minimum Gasteiger partial charge on any atom is -0.366 e. The van der Waals surface area contributed by atoms with E-state index in [0.717, 1.165) is 46.7 Å². The summed E-state index contributed by atoms with van der Waals surface area (Å²) in [6.07, 6.45) is 3.51. The van der Waals surface area contributed by atoms with Crippen LogP contribution in [0.15, 0.2) is 42.5 Å². The number of thiazole rings is 1. The van der Waals surface area contributed by atoms with Gasteiger partial charge in [0, 0.05) is 24.2 Å². The molecule has 0 bridgehead atoms. The summed E-state index contributed by atoms with van der Waals surface area (Å²) >= 11 is 1.58. The maximum absolute atomic E-state index is 14.7. The highest BCUT2D eigenvalue weighted by Gasteiger charge is 2.51. The first-order valence-corrected chi connectivity index (χ1v) is 9.86. The van der Waals surface area contributed by atoms with E-state index in [2.05, 4.69) is 11.0 Å². The molecule has 130 valence electrons. The number of fused-ring (bicyclic) bond motifs is 4. The zero-order chi connectivity index (χ0) is 17.7. The summed E-state index contributed by atoms with van der Waals surface area (Å²) in [7, 11) is 0. The van der Waals surface area contributed by atoms with Crippen molar-refractivity contribution in [1.29, 1.82) is 5.26 Å². The summed E-state index contributed by atoms with van der Waals surface area (Å²) in [5.41, 5.74) is 1.75. The molecule has 2 atom stereocenters. The van der Waals surface area contributed by atoms with E-state index in [1.807, 2.05) is 30.3 Å². The van der Waals surface area contributed by atoms with E-state index < -0.39 is 5.41 Å². The minimum atomic E-state index is -0.792. The van der Waals surface area contributed by atoms with Crippen molar-refractivity contribution in [3.63, 3.8) is 0 Å². The van der Waals surface area contributed by atoms with Gasteiger partial charge in [-0.1, -0.05) is 18.2 Å². The smallest absolute Gasteiger partial charge is 0.133 e. The fourth-order valence-corrected chi connectivity index (χ4v) is 5.72. The minimum absolute atomic E-state index is 0.0520. The Balaban J connectivity index is 1.74. The number of benzene rings is 2. The molecule has 0 unspecified atom stereocenters. The molecule has 2 aliphatic heterocycles. The Morgan fingerprint density at radius 3 is 2.92 bits per heavy atom. The Bertz CT molecular complexity index is 1000. The standard InChI is InChI=1S/C21H18FN3S/c22-15-6-5-8-17-14(15)12-21(13-23,19-10-3-4-11-25(17)19)20-24-16-7-1-2-9-18(16)26-20/h1-2,5-9,19H,3-4,10-12H2/t19-,21-/m1/s1. The number of aromatic nitrogens is 1. The summed E-state index contributed by atoms with van der Waals surface area (Å²) < 4.78 is 15.8. The molecule has 0 amide bonds. The van der Waals surface area contributed by atoms with Gasteiger partial charge in [0.1, 0.15) is 16.2 Å². The lowest BCUT2D eigenvalue weighted by Gasteiger charge is -2.49. The van der Waals surface area contributed by atoms with Crippen LogP contribution in [0.5, 0.6) is 0 Å². The summed E-state index contributed by atoms with van der Waals surface area (Å²) in [5.74, 6) is -0.216. The fraction of sp³-hybridized carbons (Fsp3) is 0.333. The van der Waals surface area contributed by atoms with Crippen LogP contribution >= 0.6 is 11.3 Å². The van der Waals surface area contributed by atoms with Gasteiger partial charge in [-0.15, -0.1) is 11.3 Å². The van der Waals surface area contributed by atoms with Crippen molar-refractivity contribution in [2.45, 2.75) is 37.1 Å². The van der Waals surface area contributed by atoms with Crippen LogP contribution in [0.2, 0.25) is 0 Å². The van der Waals surface area contributed by atoms with Crippen molar-refractivity contribution in [2.75, 3.05) is 11.4 Å².